The lowest BCUT2D eigenvalue weighted by Gasteiger charge is -2.21. The van der Waals surface area contributed by atoms with Crippen molar-refractivity contribution in [1.29, 1.82) is 0 Å². The van der Waals surface area contributed by atoms with Crippen molar-refractivity contribution in [2.45, 2.75) is 24.0 Å². The summed E-state index contributed by atoms with van der Waals surface area (Å²) in [6, 6.07) is 13.4. The van der Waals surface area contributed by atoms with Gasteiger partial charge in [0.15, 0.2) is 0 Å². The normalized spacial score (nSPS) is 11.4. The fourth-order valence-corrected chi connectivity index (χ4v) is 4.41. The van der Waals surface area contributed by atoms with Crippen LogP contribution in [0.1, 0.15) is 18.9 Å². The molecule has 1 heterocycles. The van der Waals surface area contributed by atoms with Gasteiger partial charge in [-0.1, -0.05) is 36.4 Å². The van der Waals surface area contributed by atoms with Gasteiger partial charge in [-0.3, -0.25) is 4.79 Å². The first kappa shape index (κ1) is 18.6. The van der Waals surface area contributed by atoms with Crippen molar-refractivity contribution in [3.05, 3.63) is 53.4 Å². The van der Waals surface area contributed by atoms with Gasteiger partial charge in [-0.15, -0.1) is 11.3 Å². The van der Waals surface area contributed by atoms with Crippen LogP contribution in [0.4, 0.5) is 0 Å². The Kier molecular flexibility index (Phi) is 6.96. The summed E-state index contributed by atoms with van der Waals surface area (Å²) < 4.78 is 26.9. The van der Waals surface area contributed by atoms with Gasteiger partial charge in [-0.2, -0.15) is 0 Å². The summed E-state index contributed by atoms with van der Waals surface area (Å²) in [7, 11) is -3.47. The monoisotopic (exact) mass is 366 g/mol. The highest BCUT2D eigenvalue weighted by molar-refractivity contribution is 7.91. The van der Waals surface area contributed by atoms with E-state index in [1.54, 1.807) is 22.4 Å². The summed E-state index contributed by atoms with van der Waals surface area (Å²) in [4.78, 5) is 13.4. The van der Waals surface area contributed by atoms with Crippen molar-refractivity contribution < 1.29 is 13.2 Å². The maximum Gasteiger partial charge on any atom is 0.250 e. The van der Waals surface area contributed by atoms with E-state index >= 15 is 0 Å². The molecule has 1 N–H and O–H groups in total. The van der Waals surface area contributed by atoms with Crippen molar-refractivity contribution >= 4 is 27.3 Å². The molecule has 0 spiro atoms. The van der Waals surface area contributed by atoms with E-state index in [9.17, 15) is 13.2 Å². The van der Waals surface area contributed by atoms with Crippen LogP contribution < -0.4 is 4.72 Å². The van der Waals surface area contributed by atoms with Crippen LogP contribution in [0.3, 0.4) is 0 Å². The molecule has 130 valence electrons. The number of thiophene rings is 1. The largest absolute Gasteiger partial charge is 0.342 e. The lowest BCUT2D eigenvalue weighted by Crippen LogP contribution is -2.38. The second kappa shape index (κ2) is 8.96. The zero-order chi connectivity index (χ0) is 17.4. The van der Waals surface area contributed by atoms with Crippen LogP contribution in [0, 0.1) is 0 Å². The van der Waals surface area contributed by atoms with Crippen molar-refractivity contribution in [3.63, 3.8) is 0 Å². The summed E-state index contributed by atoms with van der Waals surface area (Å²) in [6.07, 6.45) is 1.74. The number of aryl methyl sites for hydroxylation is 1. The molecule has 1 aromatic heterocycles. The summed E-state index contributed by atoms with van der Waals surface area (Å²) in [5.41, 5.74) is 1.24. The molecular weight excluding hydrogens is 344 g/mol. The second-order valence-corrected chi connectivity index (χ2v) is 8.37. The molecule has 0 aliphatic heterocycles. The maximum absolute atomic E-state index is 12.0. The zero-order valence-corrected chi connectivity index (χ0v) is 15.3. The molecule has 0 saturated carbocycles. The summed E-state index contributed by atoms with van der Waals surface area (Å²) in [6.45, 7) is 2.71. The van der Waals surface area contributed by atoms with E-state index < -0.39 is 10.0 Å². The molecule has 0 atom stereocenters. The number of sulfonamides is 1. The van der Waals surface area contributed by atoms with Crippen molar-refractivity contribution in [2.75, 3.05) is 19.6 Å². The van der Waals surface area contributed by atoms with Crippen LogP contribution in [-0.2, 0) is 21.2 Å². The number of rotatable bonds is 9. The Labute approximate surface area is 147 Å². The number of hydrogen-bond donors (Lipinski definition) is 1. The van der Waals surface area contributed by atoms with E-state index in [1.807, 2.05) is 18.2 Å². The Morgan fingerprint density at radius 3 is 2.50 bits per heavy atom. The smallest absolute Gasteiger partial charge is 0.250 e. The molecule has 2 rings (SSSR count). The van der Waals surface area contributed by atoms with Gasteiger partial charge in [-0.25, -0.2) is 13.1 Å². The first-order chi connectivity index (χ1) is 11.5. The molecule has 5 nitrogen and oxygen atoms in total. The Bertz CT molecular complexity index is 728. The molecule has 0 fully saturated rings. The molecule has 0 aliphatic rings. The summed E-state index contributed by atoms with van der Waals surface area (Å²) in [5, 5.41) is 1.72. The van der Waals surface area contributed by atoms with E-state index in [-0.39, 0.29) is 12.5 Å². The third-order valence-corrected chi connectivity index (χ3v) is 6.47. The SMILES string of the molecule is CC(=O)N(CCCc1ccccc1)CCNS(=O)(=O)c1cccs1. The van der Waals surface area contributed by atoms with Crippen LogP contribution in [-0.4, -0.2) is 38.9 Å². The van der Waals surface area contributed by atoms with Gasteiger partial charge in [0.2, 0.25) is 15.9 Å². The van der Waals surface area contributed by atoms with Gasteiger partial charge in [0.1, 0.15) is 4.21 Å². The van der Waals surface area contributed by atoms with Crippen LogP contribution in [0.25, 0.3) is 0 Å². The predicted octanol–water partition coefficient (Wildman–Crippen LogP) is 2.51. The van der Waals surface area contributed by atoms with Gasteiger partial charge in [0.25, 0.3) is 0 Å². The van der Waals surface area contributed by atoms with E-state index in [0.717, 1.165) is 12.8 Å². The lowest BCUT2D eigenvalue weighted by atomic mass is 10.1. The third kappa shape index (κ3) is 5.74. The Balaban J connectivity index is 1.78. The fraction of sp³-hybridized carbons (Fsp3) is 0.353. The van der Waals surface area contributed by atoms with Gasteiger partial charge in [0.05, 0.1) is 0 Å². The second-order valence-electron chi connectivity index (χ2n) is 5.43. The molecule has 7 heteroatoms. The average Bonchev–Trinajstić information content (AvgIpc) is 3.09. The molecule has 0 saturated heterocycles. The van der Waals surface area contributed by atoms with Gasteiger partial charge >= 0.3 is 0 Å². The van der Waals surface area contributed by atoms with Crippen molar-refractivity contribution in [2.24, 2.45) is 0 Å². The number of amides is 1. The average molecular weight is 367 g/mol. The highest BCUT2D eigenvalue weighted by Crippen LogP contribution is 2.14. The first-order valence-corrected chi connectivity index (χ1v) is 10.2. The topological polar surface area (TPSA) is 66.5 Å². The third-order valence-electron chi connectivity index (χ3n) is 3.62. The van der Waals surface area contributed by atoms with E-state index in [4.69, 9.17) is 0 Å². The molecule has 1 amide bonds. The van der Waals surface area contributed by atoms with Gasteiger partial charge in [-0.05, 0) is 29.9 Å². The Hall–Kier alpha value is -1.70. The van der Waals surface area contributed by atoms with E-state index in [0.29, 0.717) is 17.3 Å². The zero-order valence-electron chi connectivity index (χ0n) is 13.6. The highest BCUT2D eigenvalue weighted by Gasteiger charge is 2.15. The van der Waals surface area contributed by atoms with Gasteiger partial charge in [0, 0.05) is 26.6 Å². The number of nitrogens with one attached hydrogen (secondary N) is 1. The number of nitrogens with zero attached hydrogens (tertiary/aromatic N) is 1. The van der Waals surface area contributed by atoms with E-state index in [2.05, 4.69) is 16.9 Å². The van der Waals surface area contributed by atoms with E-state index in [1.165, 1.54) is 23.8 Å². The van der Waals surface area contributed by atoms with Crippen molar-refractivity contribution in [1.82, 2.24) is 9.62 Å². The number of carbonyl (C=O) groups excluding carboxylic acids is 1. The minimum absolute atomic E-state index is 0.0432. The maximum atomic E-state index is 12.0. The molecule has 0 aliphatic carbocycles. The quantitative estimate of drug-likeness (QED) is 0.741. The Morgan fingerprint density at radius 1 is 1.12 bits per heavy atom. The summed E-state index contributed by atoms with van der Waals surface area (Å²) >= 11 is 1.18. The molecule has 24 heavy (non-hydrogen) atoms. The molecule has 0 radical (unpaired) electrons. The number of hydrogen-bond acceptors (Lipinski definition) is 4. The molecular formula is C17H22N2O3S2. The standard InChI is InChI=1S/C17H22N2O3S2/c1-15(20)19(12-5-9-16-7-3-2-4-8-16)13-11-18-24(21,22)17-10-6-14-23-17/h2-4,6-8,10,14,18H,5,9,11-13H2,1H3. The van der Waals surface area contributed by atoms with Crippen molar-refractivity contribution in [3.8, 4) is 0 Å². The minimum atomic E-state index is -3.47. The fourth-order valence-electron chi connectivity index (χ4n) is 2.35. The van der Waals surface area contributed by atoms with Gasteiger partial charge < -0.3 is 4.90 Å². The molecule has 0 bridgehead atoms. The first-order valence-electron chi connectivity index (χ1n) is 7.81. The number of benzene rings is 1. The summed E-state index contributed by atoms with van der Waals surface area (Å²) in [5.74, 6) is -0.0432. The molecule has 1 aromatic carbocycles. The Morgan fingerprint density at radius 2 is 1.88 bits per heavy atom. The lowest BCUT2D eigenvalue weighted by molar-refractivity contribution is -0.128. The molecule has 2 aromatic rings. The van der Waals surface area contributed by atoms with Crippen LogP contribution in [0.5, 0.6) is 0 Å². The predicted molar refractivity (Wildman–Crippen MR) is 96.5 cm³/mol. The molecule has 0 unspecified atom stereocenters. The highest BCUT2D eigenvalue weighted by atomic mass is 32.2. The van der Waals surface area contributed by atoms with Crippen LogP contribution in [0.2, 0.25) is 0 Å². The number of carbonyl (C=O) groups is 1. The minimum Gasteiger partial charge on any atom is -0.342 e. The van der Waals surface area contributed by atoms with Crippen LogP contribution in [0.15, 0.2) is 52.1 Å². The van der Waals surface area contributed by atoms with Crippen LogP contribution >= 0.6 is 11.3 Å².